The van der Waals surface area contributed by atoms with E-state index in [-0.39, 0.29) is 20.6 Å². The molecule has 0 radical (unpaired) electrons. The molecule has 0 heterocycles. The van der Waals surface area contributed by atoms with Crippen molar-refractivity contribution in [1.29, 1.82) is 0 Å². The SMILES string of the molecule is [Br][Pt+2][Br].[NH2-]. The van der Waals surface area contributed by atoms with Crippen LogP contribution in [0.4, 0.5) is 0 Å². The second-order valence-electron chi connectivity index (χ2n) is 0.0452. The van der Waals surface area contributed by atoms with E-state index < -0.39 is 0 Å². The largest absolute Gasteiger partial charge is 0.693 e. The molecule has 0 fully saturated rings. The minimum Gasteiger partial charge on any atom is -0.693 e. The van der Waals surface area contributed by atoms with E-state index in [1.807, 2.05) is 0 Å². The van der Waals surface area contributed by atoms with Gasteiger partial charge in [0, 0.05) is 0 Å². The zero-order valence-corrected chi connectivity index (χ0v) is 7.09. The van der Waals surface area contributed by atoms with Crippen LogP contribution in [0.2, 0.25) is 0 Å². The van der Waals surface area contributed by atoms with Crippen LogP contribution in [0, 0.1) is 0 Å². The van der Waals surface area contributed by atoms with Crippen molar-refractivity contribution in [1.82, 2.24) is 0 Å². The Labute approximate surface area is 46.9 Å². The van der Waals surface area contributed by atoms with Gasteiger partial charge in [0.25, 0.3) is 0 Å². The molecule has 0 amide bonds. The summed E-state index contributed by atoms with van der Waals surface area (Å²) in [6.07, 6.45) is 0. The van der Waals surface area contributed by atoms with Crippen molar-refractivity contribution in [2.75, 3.05) is 0 Å². The van der Waals surface area contributed by atoms with Gasteiger partial charge < -0.3 is 6.15 Å². The Morgan fingerprint density at radius 3 is 1.25 bits per heavy atom. The molecule has 4 heteroatoms. The molecule has 4 heavy (non-hydrogen) atoms. The summed E-state index contributed by atoms with van der Waals surface area (Å²) in [5, 5.41) is 0. The molecular weight excluding hydrogens is 369 g/mol. The zero-order chi connectivity index (χ0) is 2.71. The van der Waals surface area contributed by atoms with Crippen molar-refractivity contribution in [2.24, 2.45) is 0 Å². The minimum atomic E-state index is 0. The van der Waals surface area contributed by atoms with Crippen molar-refractivity contribution >= 4 is 26.6 Å². The maximum Gasteiger partial charge on any atom is -0.693 e. The van der Waals surface area contributed by atoms with E-state index in [0.29, 0.717) is 0 Å². The molecule has 0 atom stereocenters. The number of halogens is 2. The van der Waals surface area contributed by atoms with Gasteiger partial charge in [-0.2, -0.15) is 0 Å². The Balaban J connectivity index is 0. The van der Waals surface area contributed by atoms with Crippen molar-refractivity contribution in [3.63, 3.8) is 0 Å². The monoisotopic (exact) mass is 369 g/mol. The number of rotatable bonds is 0. The van der Waals surface area contributed by atoms with Gasteiger partial charge in [-0.3, -0.25) is 0 Å². The molecule has 0 aliphatic heterocycles. The fraction of sp³-hybridized carbons (Fsp3) is 0. The second kappa shape index (κ2) is 8.82. The molecule has 0 rings (SSSR count). The predicted octanol–water partition coefficient (Wildman–Crippen LogP) is 2.41. The van der Waals surface area contributed by atoms with Crippen LogP contribution >= 0.6 is 26.6 Å². The number of hydrogen-bond acceptors (Lipinski definition) is 0. The minimum absolute atomic E-state index is 0. The first kappa shape index (κ1) is 9.15. The average Bonchev–Trinajstić information content (AvgIpc) is 0.918. The summed E-state index contributed by atoms with van der Waals surface area (Å²) < 4.78 is 0. The zero-order valence-electron chi connectivity index (χ0n) is 1.65. The summed E-state index contributed by atoms with van der Waals surface area (Å²) in [7, 11) is 0. The molecule has 0 saturated heterocycles. The fourth-order valence-electron chi connectivity index (χ4n) is 0. The molecule has 1 nitrogen and oxygen atoms in total. The van der Waals surface area contributed by atoms with Gasteiger partial charge in [-0.25, -0.2) is 0 Å². The first-order valence-electron chi connectivity index (χ1n) is 0.239. The molecule has 0 spiro atoms. The van der Waals surface area contributed by atoms with Crippen LogP contribution in [0.25, 0.3) is 6.15 Å². The molecule has 0 saturated carbocycles. The summed E-state index contributed by atoms with van der Waals surface area (Å²) in [5.74, 6) is 0. The molecule has 0 aromatic heterocycles. The van der Waals surface area contributed by atoms with Gasteiger partial charge in [-0.05, 0) is 0 Å². The molecule has 0 aromatic rings. The summed E-state index contributed by atoms with van der Waals surface area (Å²) in [6, 6.07) is 0. The first-order valence-corrected chi connectivity index (χ1v) is 10.2. The standard InChI is InChI=1S/2BrH.H2N.Pt/h2*1H;1H2;/q;;-1;+4/p-2. The molecule has 2 N–H and O–H groups in total. The molecule has 30 valence electrons. The second-order valence-corrected chi connectivity index (χ2v) is 9.98. The van der Waals surface area contributed by atoms with E-state index in [2.05, 4.69) is 26.6 Å². The Bertz CT molecular complexity index is 6.00. The van der Waals surface area contributed by atoms with E-state index in [9.17, 15) is 0 Å². The van der Waals surface area contributed by atoms with Gasteiger partial charge in [0.05, 0.1) is 0 Å². The molecule has 0 aliphatic rings. The molecule has 0 aliphatic carbocycles. The third kappa shape index (κ3) is 9.49. The quantitative estimate of drug-likeness (QED) is 0.627. The average molecular weight is 371 g/mol. The van der Waals surface area contributed by atoms with Crippen LogP contribution in [0.1, 0.15) is 0 Å². The maximum atomic E-state index is 3.17. The molecular formula is H2Br2NPt+. The van der Waals surface area contributed by atoms with Crippen LogP contribution in [-0.4, -0.2) is 0 Å². The predicted molar refractivity (Wildman–Crippen MR) is 23.1 cm³/mol. The van der Waals surface area contributed by atoms with Gasteiger partial charge in [-0.15, -0.1) is 0 Å². The van der Waals surface area contributed by atoms with E-state index in [4.69, 9.17) is 0 Å². The summed E-state index contributed by atoms with van der Waals surface area (Å²) in [5.41, 5.74) is 0. The summed E-state index contributed by atoms with van der Waals surface area (Å²) >= 11 is 6.56. The number of hydrogen-bond donors (Lipinski definition) is 0. The fourth-order valence-corrected chi connectivity index (χ4v) is 0. The first-order chi connectivity index (χ1) is 1.41. The Morgan fingerprint density at radius 2 is 1.25 bits per heavy atom. The third-order valence-corrected chi connectivity index (χ3v) is 0. The van der Waals surface area contributed by atoms with Crippen LogP contribution in [0.15, 0.2) is 0 Å². The van der Waals surface area contributed by atoms with Crippen molar-refractivity contribution < 1.29 is 14.5 Å². The van der Waals surface area contributed by atoms with Crippen LogP contribution in [-0.2, 0) is 14.5 Å². The Kier molecular flexibility index (Phi) is 20.2. The molecule has 0 aromatic carbocycles. The third-order valence-electron chi connectivity index (χ3n) is 0. The summed E-state index contributed by atoms with van der Waals surface area (Å²) in [4.78, 5) is 0. The van der Waals surface area contributed by atoms with Gasteiger partial charge in [0.15, 0.2) is 0 Å². The Morgan fingerprint density at radius 1 is 1.25 bits per heavy atom. The normalized spacial score (nSPS) is 5.50. The van der Waals surface area contributed by atoms with Gasteiger partial charge >= 0.3 is 41.0 Å². The maximum absolute atomic E-state index is 3.17. The Hall–Kier alpha value is 1.61. The van der Waals surface area contributed by atoms with Crippen LogP contribution in [0.3, 0.4) is 0 Å². The van der Waals surface area contributed by atoms with E-state index >= 15 is 0 Å². The van der Waals surface area contributed by atoms with Crippen molar-refractivity contribution in [3.8, 4) is 0 Å². The molecule has 0 bridgehead atoms. The van der Waals surface area contributed by atoms with Gasteiger partial charge in [0.2, 0.25) is 0 Å². The summed E-state index contributed by atoms with van der Waals surface area (Å²) in [6.45, 7) is 0. The van der Waals surface area contributed by atoms with Crippen molar-refractivity contribution in [3.05, 3.63) is 6.15 Å². The van der Waals surface area contributed by atoms with Crippen LogP contribution < -0.4 is 0 Å². The molecule has 0 unspecified atom stereocenters. The van der Waals surface area contributed by atoms with Gasteiger partial charge in [-0.1, -0.05) is 0 Å². The smallest absolute Gasteiger partial charge is 0.693 e. The van der Waals surface area contributed by atoms with E-state index in [1.165, 1.54) is 0 Å². The van der Waals surface area contributed by atoms with E-state index in [1.54, 1.807) is 0 Å². The van der Waals surface area contributed by atoms with Crippen molar-refractivity contribution in [2.45, 2.75) is 0 Å². The van der Waals surface area contributed by atoms with Crippen LogP contribution in [0.5, 0.6) is 0 Å². The number of nitrogens with two attached hydrogens (primary N) is 1. The van der Waals surface area contributed by atoms with E-state index in [0.717, 1.165) is 0 Å². The topological polar surface area (TPSA) is 33.5 Å². The van der Waals surface area contributed by atoms with Gasteiger partial charge in [0.1, 0.15) is 0 Å².